The molecule has 120 valence electrons. The molecule has 0 unspecified atom stereocenters. The summed E-state index contributed by atoms with van der Waals surface area (Å²) in [6.45, 7) is 0. The predicted octanol–water partition coefficient (Wildman–Crippen LogP) is 4.04. The van der Waals surface area contributed by atoms with Crippen LogP contribution in [0.4, 0.5) is 13.2 Å². The van der Waals surface area contributed by atoms with Gasteiger partial charge in [-0.15, -0.1) is 0 Å². The van der Waals surface area contributed by atoms with Crippen LogP contribution >= 0.6 is 0 Å². The number of aryl methyl sites for hydroxylation is 1. The number of halogens is 3. The van der Waals surface area contributed by atoms with Crippen LogP contribution in [0.5, 0.6) is 0 Å². The van der Waals surface area contributed by atoms with Crippen LogP contribution in [-0.2, 0) is 13.2 Å². The zero-order valence-electron chi connectivity index (χ0n) is 12.5. The van der Waals surface area contributed by atoms with Gasteiger partial charge in [0.15, 0.2) is 5.69 Å². The molecule has 4 nitrogen and oxygen atoms in total. The molecule has 0 fully saturated rings. The molecule has 3 aromatic rings. The Kier molecular flexibility index (Phi) is 3.81. The monoisotopic (exact) mass is 328 g/mol. The Morgan fingerprint density at radius 2 is 1.75 bits per heavy atom. The van der Waals surface area contributed by atoms with Gasteiger partial charge in [0.1, 0.15) is 11.8 Å². The molecule has 3 rings (SSSR count). The van der Waals surface area contributed by atoms with Crippen LogP contribution in [0.15, 0.2) is 48.7 Å². The molecule has 2 aromatic heterocycles. The zero-order valence-corrected chi connectivity index (χ0v) is 12.5. The lowest BCUT2D eigenvalue weighted by Crippen LogP contribution is -2.08. The van der Waals surface area contributed by atoms with E-state index in [9.17, 15) is 18.4 Å². The van der Waals surface area contributed by atoms with E-state index in [1.165, 1.54) is 19.3 Å². The fraction of sp³-hybridized carbons (Fsp3) is 0.118. The topological polar surface area (TPSA) is 54.5 Å². The molecular weight excluding hydrogens is 317 g/mol. The minimum absolute atomic E-state index is 0.156. The third-order valence-corrected chi connectivity index (χ3v) is 3.54. The van der Waals surface area contributed by atoms with Gasteiger partial charge in [-0.2, -0.15) is 23.5 Å². The van der Waals surface area contributed by atoms with Gasteiger partial charge in [-0.05, 0) is 6.07 Å². The molecule has 0 aliphatic heterocycles. The highest BCUT2D eigenvalue weighted by molar-refractivity contribution is 5.73. The Balaban J connectivity index is 2.12. The Bertz CT molecular complexity index is 904. The molecule has 7 heteroatoms. The van der Waals surface area contributed by atoms with Gasteiger partial charge in [0.05, 0.1) is 11.3 Å². The Morgan fingerprint density at radius 1 is 1.04 bits per heavy atom. The first-order valence-electron chi connectivity index (χ1n) is 6.98. The van der Waals surface area contributed by atoms with Gasteiger partial charge in [-0.1, -0.05) is 36.4 Å². The van der Waals surface area contributed by atoms with E-state index < -0.39 is 11.9 Å². The van der Waals surface area contributed by atoms with E-state index in [0.717, 1.165) is 10.2 Å². The second-order valence-electron chi connectivity index (χ2n) is 5.10. The van der Waals surface area contributed by atoms with Crippen LogP contribution in [-0.4, -0.2) is 14.8 Å². The van der Waals surface area contributed by atoms with Crippen molar-refractivity contribution in [2.75, 3.05) is 0 Å². The van der Waals surface area contributed by atoms with Gasteiger partial charge >= 0.3 is 6.18 Å². The normalized spacial score (nSPS) is 11.3. The van der Waals surface area contributed by atoms with Gasteiger partial charge < -0.3 is 0 Å². The molecular formula is C17H11F3N4. The number of rotatable bonds is 2. The molecule has 0 aliphatic carbocycles. The second-order valence-corrected chi connectivity index (χ2v) is 5.10. The largest absolute Gasteiger partial charge is 0.435 e. The molecule has 0 saturated carbocycles. The van der Waals surface area contributed by atoms with E-state index in [1.54, 1.807) is 12.1 Å². The Hall–Kier alpha value is -3.14. The van der Waals surface area contributed by atoms with Gasteiger partial charge in [-0.3, -0.25) is 9.67 Å². The van der Waals surface area contributed by atoms with Crippen molar-refractivity contribution in [3.8, 4) is 28.5 Å². The molecule has 0 saturated heterocycles. The van der Waals surface area contributed by atoms with Gasteiger partial charge in [-0.25, -0.2) is 0 Å². The number of hydrogen-bond donors (Lipinski definition) is 0. The van der Waals surface area contributed by atoms with E-state index in [2.05, 4.69) is 10.1 Å². The van der Waals surface area contributed by atoms with E-state index in [4.69, 9.17) is 0 Å². The van der Waals surface area contributed by atoms with Crippen molar-refractivity contribution in [3.05, 3.63) is 60.0 Å². The first-order valence-corrected chi connectivity index (χ1v) is 6.98. The molecule has 0 amide bonds. The quantitative estimate of drug-likeness (QED) is 0.713. The molecule has 0 radical (unpaired) electrons. The van der Waals surface area contributed by atoms with Gasteiger partial charge in [0.2, 0.25) is 0 Å². The van der Waals surface area contributed by atoms with Crippen molar-refractivity contribution in [2.24, 2.45) is 7.05 Å². The highest BCUT2D eigenvalue weighted by atomic mass is 19.4. The first kappa shape index (κ1) is 15.7. The minimum Gasteiger partial charge on any atom is -0.257 e. The van der Waals surface area contributed by atoms with Crippen molar-refractivity contribution in [2.45, 2.75) is 6.18 Å². The molecule has 0 bridgehead atoms. The number of benzene rings is 1. The van der Waals surface area contributed by atoms with Crippen molar-refractivity contribution in [1.82, 2.24) is 14.8 Å². The lowest BCUT2D eigenvalue weighted by Gasteiger charge is -2.07. The molecule has 0 N–H and O–H groups in total. The number of aromatic nitrogens is 3. The van der Waals surface area contributed by atoms with Crippen molar-refractivity contribution in [1.29, 1.82) is 5.26 Å². The van der Waals surface area contributed by atoms with Crippen LogP contribution in [0.2, 0.25) is 0 Å². The van der Waals surface area contributed by atoms with Gasteiger partial charge in [0, 0.05) is 24.4 Å². The van der Waals surface area contributed by atoms with Crippen molar-refractivity contribution >= 4 is 0 Å². The summed E-state index contributed by atoms with van der Waals surface area (Å²) in [6, 6.07) is 14.2. The average Bonchev–Trinajstić information content (AvgIpc) is 2.92. The maximum Gasteiger partial charge on any atom is 0.435 e. The van der Waals surface area contributed by atoms with Gasteiger partial charge in [0.25, 0.3) is 0 Å². The summed E-state index contributed by atoms with van der Waals surface area (Å²) >= 11 is 0. The zero-order chi connectivity index (χ0) is 17.3. The van der Waals surface area contributed by atoms with E-state index in [1.807, 2.05) is 30.3 Å². The fourth-order valence-corrected chi connectivity index (χ4v) is 2.45. The molecule has 0 atom stereocenters. The highest BCUT2D eigenvalue weighted by Gasteiger charge is 2.39. The van der Waals surface area contributed by atoms with Crippen LogP contribution in [0, 0.1) is 11.3 Å². The summed E-state index contributed by atoms with van der Waals surface area (Å²) in [4.78, 5) is 4.22. The summed E-state index contributed by atoms with van der Waals surface area (Å²) in [5.41, 5.74) is 0.195. The summed E-state index contributed by atoms with van der Waals surface area (Å²) in [5.74, 6) is 0. The summed E-state index contributed by atoms with van der Waals surface area (Å²) in [7, 11) is 1.31. The van der Waals surface area contributed by atoms with E-state index in [0.29, 0.717) is 5.69 Å². The third-order valence-electron chi connectivity index (χ3n) is 3.54. The van der Waals surface area contributed by atoms with E-state index >= 15 is 0 Å². The predicted molar refractivity (Wildman–Crippen MR) is 81.6 cm³/mol. The molecule has 2 heterocycles. The summed E-state index contributed by atoms with van der Waals surface area (Å²) < 4.78 is 40.5. The molecule has 24 heavy (non-hydrogen) atoms. The minimum atomic E-state index is -4.65. The summed E-state index contributed by atoms with van der Waals surface area (Å²) in [5, 5.41) is 12.6. The Labute approximate surface area is 135 Å². The average molecular weight is 328 g/mol. The maximum absolute atomic E-state index is 13.2. The fourth-order valence-electron chi connectivity index (χ4n) is 2.45. The van der Waals surface area contributed by atoms with Crippen molar-refractivity contribution < 1.29 is 13.2 Å². The highest BCUT2D eigenvalue weighted by Crippen LogP contribution is 2.38. The van der Waals surface area contributed by atoms with Crippen LogP contribution < -0.4 is 0 Å². The lowest BCUT2D eigenvalue weighted by atomic mass is 10.0. The number of hydrogen-bond acceptors (Lipinski definition) is 3. The standard InChI is InChI=1S/C17H11F3N4/c1-24-14(9-21)15(16(23-24)17(18,19)20)12-7-8-13(22-10-12)11-5-3-2-4-6-11/h2-8,10H,1H3. The Morgan fingerprint density at radius 3 is 2.29 bits per heavy atom. The SMILES string of the molecule is Cn1nc(C(F)(F)F)c(-c2ccc(-c3ccccc3)nc2)c1C#N. The molecule has 0 spiro atoms. The van der Waals surface area contributed by atoms with Crippen LogP contribution in [0.25, 0.3) is 22.4 Å². The number of nitrogens with zero attached hydrogens (tertiary/aromatic N) is 4. The maximum atomic E-state index is 13.2. The lowest BCUT2D eigenvalue weighted by molar-refractivity contribution is -0.140. The van der Waals surface area contributed by atoms with Crippen LogP contribution in [0.1, 0.15) is 11.4 Å². The van der Waals surface area contributed by atoms with E-state index in [-0.39, 0.29) is 16.8 Å². The first-order chi connectivity index (χ1) is 11.4. The third kappa shape index (κ3) is 2.74. The number of nitriles is 1. The summed E-state index contributed by atoms with van der Waals surface area (Å²) in [6.07, 6.45) is -3.32. The molecule has 1 aromatic carbocycles. The number of pyridine rings is 1. The number of alkyl halides is 3. The smallest absolute Gasteiger partial charge is 0.257 e. The second kappa shape index (κ2) is 5.81. The van der Waals surface area contributed by atoms with Crippen LogP contribution in [0.3, 0.4) is 0 Å². The van der Waals surface area contributed by atoms with Crippen molar-refractivity contribution in [3.63, 3.8) is 0 Å². The molecule has 0 aliphatic rings.